The molecule has 29 heavy (non-hydrogen) atoms. The fourth-order valence-electron chi connectivity index (χ4n) is 3.32. The summed E-state index contributed by atoms with van der Waals surface area (Å²) in [5.41, 5.74) is 1.99. The summed E-state index contributed by atoms with van der Waals surface area (Å²) >= 11 is 0. The van der Waals surface area contributed by atoms with Gasteiger partial charge in [0.2, 0.25) is 5.91 Å². The van der Waals surface area contributed by atoms with Crippen LogP contribution in [0.25, 0.3) is 17.8 Å². The molecule has 0 atom stereocenters. The van der Waals surface area contributed by atoms with Crippen LogP contribution in [0.2, 0.25) is 0 Å². The zero-order valence-electron chi connectivity index (χ0n) is 16.6. The Morgan fingerprint density at radius 2 is 2.07 bits per heavy atom. The Bertz CT molecular complexity index is 1260. The fraction of sp³-hybridized carbons (Fsp3) is 0.273. The zero-order chi connectivity index (χ0) is 20.5. The Kier molecular flexibility index (Phi) is 4.88. The van der Waals surface area contributed by atoms with Crippen LogP contribution in [0.4, 0.5) is 11.5 Å². The first-order valence-electron chi connectivity index (χ1n) is 9.52. The van der Waals surface area contributed by atoms with Crippen LogP contribution in [0.15, 0.2) is 29.4 Å². The van der Waals surface area contributed by atoms with Gasteiger partial charge in [-0.25, -0.2) is 14.8 Å². The molecule has 7 nitrogen and oxygen atoms in total. The van der Waals surface area contributed by atoms with Crippen molar-refractivity contribution in [3.63, 3.8) is 0 Å². The Labute approximate surface area is 167 Å². The van der Waals surface area contributed by atoms with Gasteiger partial charge in [-0.1, -0.05) is 18.2 Å². The van der Waals surface area contributed by atoms with Crippen molar-refractivity contribution < 1.29 is 14.3 Å². The molecule has 1 amide bonds. The summed E-state index contributed by atoms with van der Waals surface area (Å²) in [5.74, 6) is -0.149. The van der Waals surface area contributed by atoms with Crippen molar-refractivity contribution in [2.24, 2.45) is 10.9 Å². The van der Waals surface area contributed by atoms with Crippen LogP contribution in [0.1, 0.15) is 30.1 Å². The number of amides is 1. The number of fused-ring (bicyclic) bond motifs is 1. The average Bonchev–Trinajstić information content (AvgIpc) is 3.51. The van der Waals surface area contributed by atoms with Gasteiger partial charge in [0.05, 0.1) is 18.4 Å². The first-order chi connectivity index (χ1) is 14.0. The lowest BCUT2D eigenvalue weighted by molar-refractivity contribution is -0.117. The number of rotatable bonds is 4. The highest BCUT2D eigenvalue weighted by molar-refractivity contribution is 5.95. The molecular weight excluding hydrogens is 368 g/mol. The molecule has 1 aromatic carbocycles. The molecule has 7 heteroatoms. The van der Waals surface area contributed by atoms with Crippen LogP contribution in [0, 0.1) is 5.92 Å². The van der Waals surface area contributed by atoms with Crippen molar-refractivity contribution in [1.29, 1.82) is 0 Å². The molecule has 2 aromatic rings. The number of ether oxygens (including phenoxy) is 1. The van der Waals surface area contributed by atoms with Gasteiger partial charge >= 0.3 is 5.97 Å². The molecule has 4 rings (SSSR count). The number of anilines is 2. The lowest BCUT2D eigenvalue weighted by atomic mass is 10.1. The minimum atomic E-state index is -0.492. The van der Waals surface area contributed by atoms with Crippen LogP contribution >= 0.6 is 0 Å². The van der Waals surface area contributed by atoms with E-state index in [1.54, 1.807) is 0 Å². The predicted molar refractivity (Wildman–Crippen MR) is 111 cm³/mol. The normalized spacial score (nSPS) is 17.1. The third-order valence-electron chi connectivity index (χ3n) is 5.13. The van der Waals surface area contributed by atoms with Gasteiger partial charge in [-0.2, -0.15) is 0 Å². The Hall–Kier alpha value is -3.48. The molecule has 1 saturated carbocycles. The van der Waals surface area contributed by atoms with E-state index in [0.29, 0.717) is 27.7 Å². The van der Waals surface area contributed by atoms with Crippen molar-refractivity contribution >= 4 is 41.2 Å². The van der Waals surface area contributed by atoms with E-state index in [1.165, 1.54) is 13.3 Å². The van der Waals surface area contributed by atoms with E-state index in [0.717, 1.165) is 29.0 Å². The molecule has 0 bridgehead atoms. The largest absolute Gasteiger partial charge is 0.465 e. The Balaban J connectivity index is 1.93. The van der Waals surface area contributed by atoms with Crippen LogP contribution in [0.5, 0.6) is 0 Å². The molecule has 1 aliphatic heterocycles. The standard InChI is InChI=1S/C22H22N4O3/c1-4-12-5-8-14(9-17(12)23-2)18-10-15-16(22(28)29-3)11-24-20(19(15)25-18)26-21(27)13-6-7-13/h4-5,8-11,13,23H,6-7H2,1-3H3,(H,24,26,27)/b12-4-,18-14+. The van der Waals surface area contributed by atoms with E-state index in [9.17, 15) is 9.59 Å². The molecule has 2 aliphatic rings. The maximum atomic E-state index is 12.2. The first kappa shape index (κ1) is 18.9. The monoisotopic (exact) mass is 390 g/mol. The van der Waals surface area contributed by atoms with E-state index >= 15 is 0 Å². The van der Waals surface area contributed by atoms with Crippen LogP contribution in [-0.2, 0) is 9.53 Å². The number of carbonyl (C=O) groups is 2. The smallest absolute Gasteiger partial charge is 0.340 e. The Morgan fingerprint density at radius 1 is 1.28 bits per heavy atom. The molecule has 148 valence electrons. The Morgan fingerprint density at radius 3 is 2.72 bits per heavy atom. The maximum Gasteiger partial charge on any atom is 0.340 e. The minimum Gasteiger partial charge on any atom is -0.465 e. The lowest BCUT2D eigenvalue weighted by Gasteiger charge is -2.05. The second-order valence-electron chi connectivity index (χ2n) is 7.02. The molecule has 0 unspecified atom stereocenters. The fourth-order valence-corrected chi connectivity index (χ4v) is 3.32. The number of hydrogen-bond donors (Lipinski definition) is 2. The quantitative estimate of drug-likeness (QED) is 0.732. The van der Waals surface area contributed by atoms with Gasteiger partial charge in [0, 0.05) is 35.3 Å². The summed E-state index contributed by atoms with van der Waals surface area (Å²) in [6, 6.07) is 5.99. The molecule has 0 radical (unpaired) electrons. The highest BCUT2D eigenvalue weighted by Gasteiger charge is 2.30. The second kappa shape index (κ2) is 7.50. The summed E-state index contributed by atoms with van der Waals surface area (Å²) in [6.07, 6.45) is 7.07. The molecule has 2 N–H and O–H groups in total. The number of carbonyl (C=O) groups excluding carboxylic acids is 2. The molecule has 2 heterocycles. The number of pyridine rings is 1. The predicted octanol–water partition coefficient (Wildman–Crippen LogP) is 0.281. The van der Waals surface area contributed by atoms with Crippen molar-refractivity contribution in [1.82, 2.24) is 4.98 Å². The van der Waals surface area contributed by atoms with Crippen molar-refractivity contribution in [3.05, 3.63) is 51.0 Å². The number of nitrogens with one attached hydrogen (secondary N) is 2. The summed E-state index contributed by atoms with van der Waals surface area (Å²) in [6.45, 7) is 1.98. The van der Waals surface area contributed by atoms with Crippen molar-refractivity contribution in [3.8, 4) is 0 Å². The average molecular weight is 390 g/mol. The van der Waals surface area contributed by atoms with Gasteiger partial charge in [0.15, 0.2) is 5.82 Å². The molecule has 1 fully saturated rings. The summed E-state index contributed by atoms with van der Waals surface area (Å²) in [7, 11) is 3.19. The van der Waals surface area contributed by atoms with E-state index < -0.39 is 5.97 Å². The highest BCUT2D eigenvalue weighted by atomic mass is 16.5. The summed E-state index contributed by atoms with van der Waals surface area (Å²) in [5, 5.41) is 9.10. The molecule has 0 spiro atoms. The molecule has 0 saturated heterocycles. The number of benzene rings is 1. The molecule has 1 aromatic heterocycles. The molecule has 1 aliphatic carbocycles. The van der Waals surface area contributed by atoms with Gasteiger partial charge in [0.25, 0.3) is 0 Å². The topological polar surface area (TPSA) is 92.7 Å². The van der Waals surface area contributed by atoms with Crippen LogP contribution in [-0.4, -0.2) is 31.0 Å². The first-order valence-corrected chi connectivity index (χ1v) is 9.52. The van der Waals surface area contributed by atoms with Crippen molar-refractivity contribution in [2.45, 2.75) is 19.8 Å². The number of aromatic nitrogens is 1. The number of hydrogen-bond acceptors (Lipinski definition) is 6. The van der Waals surface area contributed by atoms with Gasteiger partial charge < -0.3 is 15.4 Å². The zero-order valence-corrected chi connectivity index (χ0v) is 16.6. The van der Waals surface area contributed by atoms with Crippen molar-refractivity contribution in [2.75, 3.05) is 24.8 Å². The van der Waals surface area contributed by atoms with Gasteiger partial charge in [-0.3, -0.25) is 4.79 Å². The van der Waals surface area contributed by atoms with Gasteiger partial charge in [-0.05, 0) is 37.1 Å². The number of esters is 1. The van der Waals surface area contributed by atoms with Gasteiger partial charge in [-0.15, -0.1) is 0 Å². The lowest BCUT2D eigenvalue weighted by Crippen LogP contribution is -2.34. The van der Waals surface area contributed by atoms with E-state index in [-0.39, 0.29) is 11.8 Å². The second-order valence-corrected chi connectivity index (χ2v) is 7.02. The summed E-state index contributed by atoms with van der Waals surface area (Å²) < 4.78 is 4.89. The number of methoxy groups -OCH3 is 1. The van der Waals surface area contributed by atoms with E-state index in [2.05, 4.69) is 15.6 Å². The third kappa shape index (κ3) is 3.51. The SMILES string of the molecule is C/C=c1/cc/c(=C2/C=c3c(C(=O)OC)cnc(NC(=O)C4CC4)c3=N2)cc1NC. The van der Waals surface area contributed by atoms with E-state index in [1.807, 2.05) is 44.3 Å². The molecular formula is C22H22N4O3. The third-order valence-corrected chi connectivity index (χ3v) is 5.13. The van der Waals surface area contributed by atoms with Crippen LogP contribution in [0.3, 0.4) is 0 Å². The minimum absolute atomic E-state index is 0.0394. The van der Waals surface area contributed by atoms with Crippen LogP contribution < -0.4 is 31.6 Å². The van der Waals surface area contributed by atoms with Gasteiger partial charge in [0.1, 0.15) is 5.36 Å². The number of nitrogens with zero attached hydrogens (tertiary/aromatic N) is 2. The van der Waals surface area contributed by atoms with E-state index in [4.69, 9.17) is 9.73 Å². The summed E-state index contributed by atoms with van der Waals surface area (Å²) in [4.78, 5) is 33.4. The maximum absolute atomic E-state index is 12.2. The highest BCUT2D eigenvalue weighted by Crippen LogP contribution is 2.29.